The molecular formula is C21H19N5OS2. The van der Waals surface area contributed by atoms with Crippen molar-refractivity contribution in [2.75, 3.05) is 11.1 Å². The lowest BCUT2D eigenvalue weighted by molar-refractivity contribution is -0.113. The van der Waals surface area contributed by atoms with Gasteiger partial charge in [0.05, 0.1) is 11.4 Å². The first-order valence-electron chi connectivity index (χ1n) is 9.04. The number of amides is 1. The second kappa shape index (κ2) is 8.26. The normalized spacial score (nSPS) is 11.0. The summed E-state index contributed by atoms with van der Waals surface area (Å²) in [6, 6.07) is 9.51. The van der Waals surface area contributed by atoms with Crippen LogP contribution in [0.2, 0.25) is 0 Å². The van der Waals surface area contributed by atoms with Crippen molar-refractivity contribution in [2.24, 2.45) is 0 Å². The third-order valence-corrected chi connectivity index (χ3v) is 6.59. The standard InChI is InChI=1S/C21H19N5OS2/c1-12-13(2)29-21-19(12)20(23-11-24-21)28-10-18(27)26-16-6-4-5-15(9-16)17-7-8-22-14(3)25-17/h4-9,11H,10H2,1-3H3,(H,26,27). The summed E-state index contributed by atoms with van der Waals surface area (Å²) >= 11 is 3.09. The van der Waals surface area contributed by atoms with Gasteiger partial charge in [-0.25, -0.2) is 19.9 Å². The Balaban J connectivity index is 1.46. The first-order valence-corrected chi connectivity index (χ1v) is 10.8. The van der Waals surface area contributed by atoms with Crippen LogP contribution in [0.5, 0.6) is 0 Å². The number of hydrogen-bond donors (Lipinski definition) is 1. The number of rotatable bonds is 5. The molecule has 1 N–H and O–H groups in total. The minimum Gasteiger partial charge on any atom is -0.325 e. The minimum absolute atomic E-state index is 0.0811. The number of thiophene rings is 1. The zero-order valence-electron chi connectivity index (χ0n) is 16.3. The summed E-state index contributed by atoms with van der Waals surface area (Å²) in [6.45, 7) is 6.00. The van der Waals surface area contributed by atoms with Gasteiger partial charge in [-0.3, -0.25) is 4.79 Å². The molecule has 0 unspecified atom stereocenters. The van der Waals surface area contributed by atoms with Gasteiger partial charge in [0, 0.05) is 27.7 Å². The molecule has 6 nitrogen and oxygen atoms in total. The molecule has 1 aromatic carbocycles. The summed E-state index contributed by atoms with van der Waals surface area (Å²) in [5, 5.41) is 4.86. The van der Waals surface area contributed by atoms with Crippen molar-refractivity contribution in [1.82, 2.24) is 19.9 Å². The Labute approximate surface area is 176 Å². The SMILES string of the molecule is Cc1nccc(-c2cccc(NC(=O)CSc3ncnc4sc(C)c(C)c34)c2)n1. The Morgan fingerprint density at radius 2 is 2.00 bits per heavy atom. The van der Waals surface area contributed by atoms with Crippen molar-refractivity contribution in [3.63, 3.8) is 0 Å². The average Bonchev–Trinajstić information content (AvgIpc) is 3.01. The maximum absolute atomic E-state index is 12.5. The van der Waals surface area contributed by atoms with Crippen molar-refractivity contribution in [1.29, 1.82) is 0 Å². The smallest absolute Gasteiger partial charge is 0.234 e. The molecule has 0 aliphatic heterocycles. The fourth-order valence-electron chi connectivity index (χ4n) is 2.96. The number of thioether (sulfide) groups is 1. The predicted octanol–water partition coefficient (Wildman–Crippen LogP) is 4.80. The third-order valence-electron chi connectivity index (χ3n) is 4.49. The summed E-state index contributed by atoms with van der Waals surface area (Å²) in [4.78, 5) is 32.0. The summed E-state index contributed by atoms with van der Waals surface area (Å²) in [7, 11) is 0. The van der Waals surface area contributed by atoms with Crippen LogP contribution in [0.25, 0.3) is 21.5 Å². The van der Waals surface area contributed by atoms with Crippen molar-refractivity contribution >= 4 is 44.9 Å². The van der Waals surface area contributed by atoms with E-state index in [2.05, 4.69) is 39.1 Å². The monoisotopic (exact) mass is 421 g/mol. The highest BCUT2D eigenvalue weighted by molar-refractivity contribution is 8.00. The van der Waals surface area contributed by atoms with Gasteiger partial charge in [-0.1, -0.05) is 23.9 Å². The molecule has 0 aliphatic rings. The molecule has 0 saturated carbocycles. The van der Waals surface area contributed by atoms with Crippen LogP contribution in [0.4, 0.5) is 5.69 Å². The maximum atomic E-state index is 12.5. The second-order valence-electron chi connectivity index (χ2n) is 6.55. The van der Waals surface area contributed by atoms with Crippen LogP contribution in [0, 0.1) is 20.8 Å². The molecule has 1 amide bonds. The zero-order chi connectivity index (χ0) is 20.4. The van der Waals surface area contributed by atoms with E-state index in [1.54, 1.807) is 23.9 Å². The van der Waals surface area contributed by atoms with Crippen LogP contribution < -0.4 is 5.32 Å². The molecule has 0 aliphatic carbocycles. The van der Waals surface area contributed by atoms with Gasteiger partial charge >= 0.3 is 0 Å². The summed E-state index contributed by atoms with van der Waals surface area (Å²) in [6.07, 6.45) is 3.29. The lowest BCUT2D eigenvalue weighted by Gasteiger charge is -2.08. The fraction of sp³-hybridized carbons (Fsp3) is 0.190. The quantitative estimate of drug-likeness (QED) is 0.368. The zero-order valence-corrected chi connectivity index (χ0v) is 17.9. The Kier molecular flexibility index (Phi) is 5.55. The van der Waals surface area contributed by atoms with Crippen LogP contribution in [0.1, 0.15) is 16.3 Å². The fourth-order valence-corrected chi connectivity index (χ4v) is 4.88. The van der Waals surface area contributed by atoms with Gasteiger partial charge in [-0.2, -0.15) is 0 Å². The highest BCUT2D eigenvalue weighted by Crippen LogP contribution is 2.34. The summed E-state index contributed by atoms with van der Waals surface area (Å²) in [5.74, 6) is 0.906. The van der Waals surface area contributed by atoms with E-state index in [-0.39, 0.29) is 11.7 Å². The molecule has 0 saturated heterocycles. The Morgan fingerprint density at radius 3 is 2.83 bits per heavy atom. The molecular weight excluding hydrogens is 402 g/mol. The van der Waals surface area contributed by atoms with E-state index >= 15 is 0 Å². The molecule has 29 heavy (non-hydrogen) atoms. The van der Waals surface area contributed by atoms with E-state index in [0.29, 0.717) is 5.82 Å². The molecule has 3 heterocycles. The molecule has 0 bridgehead atoms. The summed E-state index contributed by atoms with van der Waals surface area (Å²) < 4.78 is 0. The van der Waals surface area contributed by atoms with Gasteiger partial charge in [0.25, 0.3) is 0 Å². The highest BCUT2D eigenvalue weighted by Gasteiger charge is 2.14. The number of nitrogens with one attached hydrogen (secondary N) is 1. The number of benzene rings is 1. The van der Waals surface area contributed by atoms with Gasteiger partial charge in [0.1, 0.15) is 22.0 Å². The van der Waals surface area contributed by atoms with E-state index in [1.165, 1.54) is 22.2 Å². The topological polar surface area (TPSA) is 80.7 Å². The number of aromatic nitrogens is 4. The van der Waals surface area contributed by atoms with Crippen LogP contribution in [-0.2, 0) is 4.79 Å². The van der Waals surface area contributed by atoms with E-state index in [9.17, 15) is 4.79 Å². The molecule has 146 valence electrons. The number of aryl methyl sites for hydroxylation is 3. The van der Waals surface area contributed by atoms with E-state index < -0.39 is 0 Å². The van der Waals surface area contributed by atoms with Gasteiger partial charge in [-0.15, -0.1) is 11.3 Å². The largest absolute Gasteiger partial charge is 0.325 e. The molecule has 3 aromatic heterocycles. The van der Waals surface area contributed by atoms with Crippen LogP contribution in [0.3, 0.4) is 0 Å². The molecule has 4 rings (SSSR count). The van der Waals surface area contributed by atoms with Crippen molar-refractivity contribution < 1.29 is 4.79 Å². The average molecular weight is 422 g/mol. The third kappa shape index (κ3) is 4.28. The van der Waals surface area contributed by atoms with Crippen LogP contribution in [-0.4, -0.2) is 31.6 Å². The predicted molar refractivity (Wildman–Crippen MR) is 118 cm³/mol. The van der Waals surface area contributed by atoms with Crippen LogP contribution in [0.15, 0.2) is 47.9 Å². The van der Waals surface area contributed by atoms with Crippen molar-refractivity contribution in [3.05, 3.63) is 59.1 Å². The van der Waals surface area contributed by atoms with Gasteiger partial charge < -0.3 is 5.32 Å². The Bertz CT molecular complexity index is 1200. The molecule has 0 atom stereocenters. The van der Waals surface area contributed by atoms with E-state index in [0.717, 1.165) is 32.2 Å². The lowest BCUT2D eigenvalue weighted by Crippen LogP contribution is -2.14. The van der Waals surface area contributed by atoms with Crippen molar-refractivity contribution in [2.45, 2.75) is 25.8 Å². The number of anilines is 1. The molecule has 0 fully saturated rings. The molecule has 8 heteroatoms. The first-order chi connectivity index (χ1) is 14.0. The number of fused-ring (bicyclic) bond motifs is 1. The van der Waals surface area contributed by atoms with Gasteiger partial charge in [0.15, 0.2) is 0 Å². The maximum Gasteiger partial charge on any atom is 0.234 e. The summed E-state index contributed by atoms with van der Waals surface area (Å²) in [5.41, 5.74) is 3.68. The highest BCUT2D eigenvalue weighted by atomic mass is 32.2. The molecule has 0 radical (unpaired) electrons. The molecule has 4 aromatic rings. The number of hydrogen-bond acceptors (Lipinski definition) is 7. The van der Waals surface area contributed by atoms with Crippen LogP contribution >= 0.6 is 23.1 Å². The van der Waals surface area contributed by atoms with E-state index in [1.807, 2.05) is 37.3 Å². The van der Waals surface area contributed by atoms with Crippen molar-refractivity contribution in [3.8, 4) is 11.3 Å². The second-order valence-corrected chi connectivity index (χ2v) is 8.72. The number of nitrogens with zero attached hydrogens (tertiary/aromatic N) is 4. The number of carbonyl (C=O) groups excluding carboxylic acids is 1. The van der Waals surface area contributed by atoms with Gasteiger partial charge in [-0.05, 0) is 44.5 Å². The Hall–Kier alpha value is -2.84. The minimum atomic E-state index is -0.0811. The van der Waals surface area contributed by atoms with Gasteiger partial charge in [0.2, 0.25) is 5.91 Å². The number of carbonyl (C=O) groups is 1. The first kappa shape index (κ1) is 19.5. The van der Waals surface area contributed by atoms with E-state index in [4.69, 9.17) is 0 Å². The lowest BCUT2D eigenvalue weighted by atomic mass is 10.1. The Morgan fingerprint density at radius 1 is 1.14 bits per heavy atom. The molecule has 0 spiro atoms.